The van der Waals surface area contributed by atoms with Crippen molar-refractivity contribution in [2.75, 3.05) is 13.7 Å². The van der Waals surface area contributed by atoms with E-state index in [0.717, 1.165) is 42.5 Å². The molecule has 0 saturated carbocycles. The van der Waals surface area contributed by atoms with Crippen molar-refractivity contribution in [3.63, 3.8) is 0 Å². The number of hydrogen-bond donors (Lipinski definition) is 1. The molecule has 6 nitrogen and oxygen atoms in total. The summed E-state index contributed by atoms with van der Waals surface area (Å²) >= 11 is 0. The van der Waals surface area contributed by atoms with Crippen LogP contribution < -0.4 is 0 Å². The van der Waals surface area contributed by atoms with Gasteiger partial charge in [0.2, 0.25) is 0 Å². The largest absolute Gasteiger partial charge is 0.377 e. The molecule has 128 valence electrons. The van der Waals surface area contributed by atoms with Crippen LogP contribution in [0.15, 0.2) is 18.2 Å². The van der Waals surface area contributed by atoms with Crippen molar-refractivity contribution >= 4 is 5.91 Å². The highest BCUT2D eigenvalue weighted by Gasteiger charge is 2.32. The second-order valence-electron chi connectivity index (χ2n) is 6.40. The second-order valence-corrected chi connectivity index (χ2v) is 6.40. The molecule has 1 atom stereocenters. The van der Waals surface area contributed by atoms with E-state index >= 15 is 0 Å². The minimum absolute atomic E-state index is 0.0685. The first-order chi connectivity index (χ1) is 11.6. The van der Waals surface area contributed by atoms with E-state index in [0.29, 0.717) is 18.3 Å². The van der Waals surface area contributed by atoms with Crippen LogP contribution in [0.4, 0.5) is 0 Å². The van der Waals surface area contributed by atoms with Crippen LogP contribution in [-0.2, 0) is 11.3 Å². The molecule has 1 aliphatic rings. The van der Waals surface area contributed by atoms with Gasteiger partial charge in [-0.1, -0.05) is 17.7 Å². The first-order valence-electron chi connectivity index (χ1n) is 8.38. The van der Waals surface area contributed by atoms with E-state index in [1.165, 1.54) is 0 Å². The molecule has 1 N–H and O–H groups in total. The molecule has 0 radical (unpaired) electrons. The average Bonchev–Trinajstić information content (AvgIpc) is 3.05. The number of aryl methyl sites for hydroxylation is 2. The number of amides is 1. The summed E-state index contributed by atoms with van der Waals surface area (Å²) in [6.07, 6.45) is 2.98. The lowest BCUT2D eigenvalue weighted by Gasteiger charge is -2.34. The molecule has 1 saturated heterocycles. The first kappa shape index (κ1) is 16.6. The molecule has 2 aromatic rings. The Morgan fingerprint density at radius 2 is 2.21 bits per heavy atom. The standard InChI is InChI=1S/C18H24N4O2/c1-12-7-8-13(2)14(10-12)18(23)22-9-5-4-6-15(22)17-19-16(11-24-3)20-21-17/h7-8,10,15H,4-6,9,11H2,1-3H3,(H,19,20,21)/t15-/m0/s1. The van der Waals surface area contributed by atoms with Crippen LogP contribution in [0, 0.1) is 13.8 Å². The van der Waals surface area contributed by atoms with Gasteiger partial charge in [0.25, 0.3) is 5.91 Å². The number of hydrogen-bond acceptors (Lipinski definition) is 4. The van der Waals surface area contributed by atoms with E-state index in [1.54, 1.807) is 7.11 Å². The molecule has 3 rings (SSSR count). The number of carbonyl (C=O) groups is 1. The third-order valence-electron chi connectivity index (χ3n) is 4.52. The van der Waals surface area contributed by atoms with Crippen molar-refractivity contribution in [2.45, 2.75) is 45.8 Å². The van der Waals surface area contributed by atoms with Crippen LogP contribution in [0.1, 0.15) is 58.4 Å². The maximum absolute atomic E-state index is 13.1. The fourth-order valence-corrected chi connectivity index (χ4v) is 3.22. The van der Waals surface area contributed by atoms with Gasteiger partial charge in [0, 0.05) is 19.2 Å². The monoisotopic (exact) mass is 328 g/mol. The third-order valence-corrected chi connectivity index (χ3v) is 4.52. The minimum atomic E-state index is -0.0759. The van der Waals surface area contributed by atoms with Crippen molar-refractivity contribution in [1.29, 1.82) is 0 Å². The number of methoxy groups -OCH3 is 1. The number of ether oxygens (including phenoxy) is 1. The van der Waals surface area contributed by atoms with Gasteiger partial charge < -0.3 is 9.64 Å². The van der Waals surface area contributed by atoms with Gasteiger partial charge in [-0.3, -0.25) is 9.89 Å². The molecule has 0 spiro atoms. The van der Waals surface area contributed by atoms with Crippen LogP contribution in [0.2, 0.25) is 0 Å². The Bertz CT molecular complexity index is 726. The van der Waals surface area contributed by atoms with Crippen molar-refractivity contribution in [1.82, 2.24) is 20.1 Å². The summed E-state index contributed by atoms with van der Waals surface area (Å²) < 4.78 is 5.09. The lowest BCUT2D eigenvalue weighted by molar-refractivity contribution is 0.0599. The van der Waals surface area contributed by atoms with E-state index in [4.69, 9.17) is 4.74 Å². The number of nitrogens with one attached hydrogen (secondary N) is 1. The molecular weight excluding hydrogens is 304 g/mol. The summed E-state index contributed by atoms with van der Waals surface area (Å²) in [5.41, 5.74) is 2.87. The Morgan fingerprint density at radius 3 is 3.00 bits per heavy atom. The fourth-order valence-electron chi connectivity index (χ4n) is 3.22. The predicted molar refractivity (Wildman–Crippen MR) is 90.6 cm³/mol. The number of aromatic amines is 1. The summed E-state index contributed by atoms with van der Waals surface area (Å²) in [6, 6.07) is 5.93. The zero-order valence-electron chi connectivity index (χ0n) is 14.5. The van der Waals surface area contributed by atoms with Crippen LogP contribution in [0.5, 0.6) is 0 Å². The Balaban J connectivity index is 1.88. The minimum Gasteiger partial charge on any atom is -0.377 e. The summed E-state index contributed by atoms with van der Waals surface area (Å²) in [4.78, 5) is 19.6. The van der Waals surface area contributed by atoms with Crippen LogP contribution in [-0.4, -0.2) is 39.6 Å². The molecule has 6 heteroatoms. The number of piperidine rings is 1. The first-order valence-corrected chi connectivity index (χ1v) is 8.38. The topological polar surface area (TPSA) is 71.1 Å². The van der Waals surface area contributed by atoms with Crippen molar-refractivity contribution in [3.8, 4) is 0 Å². The molecular formula is C18H24N4O2. The van der Waals surface area contributed by atoms with Crippen LogP contribution >= 0.6 is 0 Å². The smallest absolute Gasteiger partial charge is 0.254 e. The van der Waals surface area contributed by atoms with E-state index in [9.17, 15) is 4.79 Å². The highest BCUT2D eigenvalue weighted by Crippen LogP contribution is 2.31. The van der Waals surface area contributed by atoms with E-state index in [-0.39, 0.29) is 11.9 Å². The zero-order valence-corrected chi connectivity index (χ0v) is 14.5. The number of aromatic nitrogens is 3. The Kier molecular flexibility index (Phi) is 4.94. The van der Waals surface area contributed by atoms with Gasteiger partial charge in [-0.2, -0.15) is 5.10 Å². The van der Waals surface area contributed by atoms with Gasteiger partial charge in [0.15, 0.2) is 11.6 Å². The summed E-state index contributed by atoms with van der Waals surface area (Å²) in [6.45, 7) is 5.13. The Labute approximate surface area is 142 Å². The van der Waals surface area contributed by atoms with Crippen molar-refractivity contribution in [2.24, 2.45) is 0 Å². The molecule has 1 amide bonds. The number of benzene rings is 1. The van der Waals surface area contributed by atoms with Crippen LogP contribution in [0.25, 0.3) is 0 Å². The van der Waals surface area contributed by atoms with Crippen LogP contribution in [0.3, 0.4) is 0 Å². The zero-order chi connectivity index (χ0) is 17.1. The molecule has 1 aliphatic heterocycles. The number of likely N-dealkylation sites (tertiary alicyclic amines) is 1. The summed E-state index contributed by atoms with van der Waals surface area (Å²) in [5, 5.41) is 7.21. The molecule has 1 aromatic heterocycles. The summed E-state index contributed by atoms with van der Waals surface area (Å²) in [7, 11) is 1.62. The molecule has 0 unspecified atom stereocenters. The number of rotatable bonds is 4. The number of nitrogens with zero attached hydrogens (tertiary/aromatic N) is 3. The molecule has 2 heterocycles. The molecule has 0 bridgehead atoms. The van der Waals surface area contributed by atoms with Gasteiger partial charge in [-0.15, -0.1) is 0 Å². The van der Waals surface area contributed by atoms with Gasteiger partial charge in [-0.25, -0.2) is 4.98 Å². The van der Waals surface area contributed by atoms with Gasteiger partial charge in [-0.05, 0) is 44.7 Å². The molecule has 0 aliphatic carbocycles. The number of H-pyrrole nitrogens is 1. The SMILES string of the molecule is COCc1nc([C@@H]2CCCCN2C(=O)c2cc(C)ccc2C)n[nH]1. The van der Waals surface area contributed by atoms with Gasteiger partial charge in [0.1, 0.15) is 6.61 Å². The normalized spacial score (nSPS) is 18.0. The lowest BCUT2D eigenvalue weighted by Crippen LogP contribution is -2.39. The Hall–Kier alpha value is -2.21. The maximum Gasteiger partial charge on any atom is 0.254 e. The predicted octanol–water partition coefficient (Wildman–Crippen LogP) is 2.94. The molecule has 1 aromatic carbocycles. The maximum atomic E-state index is 13.1. The quantitative estimate of drug-likeness (QED) is 0.937. The molecule has 24 heavy (non-hydrogen) atoms. The Morgan fingerprint density at radius 1 is 1.38 bits per heavy atom. The van der Waals surface area contributed by atoms with Gasteiger partial charge >= 0.3 is 0 Å². The van der Waals surface area contributed by atoms with Crippen molar-refractivity contribution in [3.05, 3.63) is 46.5 Å². The average molecular weight is 328 g/mol. The van der Waals surface area contributed by atoms with E-state index in [1.807, 2.05) is 36.9 Å². The lowest BCUT2D eigenvalue weighted by atomic mass is 9.98. The van der Waals surface area contributed by atoms with Gasteiger partial charge in [0.05, 0.1) is 6.04 Å². The highest BCUT2D eigenvalue weighted by atomic mass is 16.5. The summed E-state index contributed by atoms with van der Waals surface area (Å²) in [5.74, 6) is 1.44. The van der Waals surface area contributed by atoms with E-state index < -0.39 is 0 Å². The highest BCUT2D eigenvalue weighted by molar-refractivity contribution is 5.96. The second kappa shape index (κ2) is 7.13. The molecule has 1 fully saturated rings. The number of carbonyl (C=O) groups excluding carboxylic acids is 1. The fraction of sp³-hybridized carbons (Fsp3) is 0.500. The van der Waals surface area contributed by atoms with E-state index in [2.05, 4.69) is 15.2 Å². The van der Waals surface area contributed by atoms with Crippen molar-refractivity contribution < 1.29 is 9.53 Å². The third kappa shape index (κ3) is 3.33.